The van der Waals surface area contributed by atoms with Crippen LogP contribution in [0.1, 0.15) is 72.3 Å². The Morgan fingerprint density at radius 3 is 2.48 bits per heavy atom. The van der Waals surface area contributed by atoms with Crippen molar-refractivity contribution in [3.8, 4) is 17.0 Å². The Kier molecular flexibility index (Phi) is 7.20. The van der Waals surface area contributed by atoms with Gasteiger partial charge >= 0.3 is 5.97 Å². The zero-order valence-electron chi connectivity index (χ0n) is 24.5. The molecule has 7 rings (SSSR count). The maximum atomic E-state index is 13.6. The molecule has 1 aromatic heterocycles. The van der Waals surface area contributed by atoms with Gasteiger partial charge in [-0.25, -0.2) is 4.79 Å². The summed E-state index contributed by atoms with van der Waals surface area (Å²) in [5, 5.41) is 16.0. The third-order valence-corrected chi connectivity index (χ3v) is 9.22. The highest BCUT2D eigenvalue weighted by molar-refractivity contribution is 6.07. The lowest BCUT2D eigenvalue weighted by Gasteiger charge is -2.23. The summed E-state index contributed by atoms with van der Waals surface area (Å²) < 4.78 is 8.49. The number of aliphatic carboxylic acids is 1. The van der Waals surface area contributed by atoms with Gasteiger partial charge < -0.3 is 25.0 Å². The van der Waals surface area contributed by atoms with Crippen LogP contribution >= 0.6 is 0 Å². The molecule has 0 unspecified atom stereocenters. The van der Waals surface area contributed by atoms with Crippen molar-refractivity contribution in [1.82, 2.24) is 9.88 Å². The number of nitrogens with one attached hydrogen (secondary N) is 2. The van der Waals surface area contributed by atoms with Crippen molar-refractivity contribution in [1.29, 1.82) is 0 Å². The maximum Gasteiger partial charge on any atom is 0.328 e. The first-order chi connectivity index (χ1) is 21.4. The Labute approximate surface area is 255 Å². The highest BCUT2D eigenvalue weighted by atomic mass is 16.5. The van der Waals surface area contributed by atoms with Crippen LogP contribution in [-0.4, -0.2) is 39.6 Å². The number of carboxylic acids is 1. The highest BCUT2D eigenvalue weighted by Gasteiger charge is 2.51. The van der Waals surface area contributed by atoms with Gasteiger partial charge in [0.15, 0.2) is 0 Å². The number of carbonyl (C=O) groups is 3. The number of ether oxygens (including phenoxy) is 1. The van der Waals surface area contributed by atoms with E-state index in [4.69, 9.17) is 9.84 Å². The molecule has 3 N–H and O–H groups in total. The molecule has 0 atom stereocenters. The van der Waals surface area contributed by atoms with E-state index in [2.05, 4.69) is 33.4 Å². The standard InChI is InChI=1S/C36H35N3O5/c40-31(41)17-12-23-10-14-26(15-11-23)37-35(43)36(18-19-36)38-34(42)25-13-16-27-29(22-25)39-20-21-44-30-9-5-4-8-28(30)33(39)32(27)24-6-2-1-3-7-24/h4-5,8-17,22,24H,1-3,6-7,18-21H2,(H,37,43)(H,38,42)(H,40,41). The predicted molar refractivity (Wildman–Crippen MR) is 170 cm³/mol. The third kappa shape index (κ3) is 5.25. The van der Waals surface area contributed by atoms with Gasteiger partial charge in [0.25, 0.3) is 5.91 Å². The number of nitrogens with zero attached hydrogens (tertiary/aromatic N) is 1. The number of carbonyl (C=O) groups excluding carboxylic acids is 2. The molecule has 2 heterocycles. The SMILES string of the molecule is O=C(O)C=Cc1ccc(NC(=O)C2(NC(=O)c3ccc4c(C5CCCCC5)c5n(c4c3)CCOc3ccccc3-5)CC2)cc1. The molecule has 2 amide bonds. The van der Waals surface area contributed by atoms with Crippen molar-refractivity contribution >= 4 is 40.4 Å². The minimum absolute atomic E-state index is 0.259. The first-order valence-corrected chi connectivity index (χ1v) is 15.5. The number of rotatable bonds is 7. The van der Waals surface area contributed by atoms with E-state index in [9.17, 15) is 14.4 Å². The molecular formula is C36H35N3O5. The van der Waals surface area contributed by atoms with E-state index < -0.39 is 11.5 Å². The Bertz CT molecular complexity index is 1790. The smallest absolute Gasteiger partial charge is 0.328 e. The van der Waals surface area contributed by atoms with Crippen LogP contribution in [0, 0.1) is 0 Å². The number of anilines is 1. The van der Waals surface area contributed by atoms with E-state index in [0.717, 1.165) is 35.7 Å². The molecule has 2 fully saturated rings. The zero-order valence-corrected chi connectivity index (χ0v) is 24.5. The molecule has 0 bridgehead atoms. The Morgan fingerprint density at radius 1 is 0.955 bits per heavy atom. The van der Waals surface area contributed by atoms with Crippen LogP contribution in [0.15, 0.2) is 72.8 Å². The van der Waals surface area contributed by atoms with Gasteiger partial charge in [-0.05, 0) is 85.2 Å². The zero-order chi connectivity index (χ0) is 30.3. The van der Waals surface area contributed by atoms with E-state index in [-0.39, 0.29) is 11.8 Å². The summed E-state index contributed by atoms with van der Waals surface area (Å²) >= 11 is 0. The molecule has 2 aliphatic carbocycles. The minimum Gasteiger partial charge on any atom is -0.491 e. The number of amides is 2. The molecule has 3 aliphatic rings. The number of hydrogen-bond donors (Lipinski definition) is 3. The van der Waals surface area contributed by atoms with E-state index in [1.165, 1.54) is 42.0 Å². The fraction of sp³-hybridized carbons (Fsp3) is 0.306. The van der Waals surface area contributed by atoms with Crippen LogP contribution in [0.2, 0.25) is 0 Å². The van der Waals surface area contributed by atoms with Gasteiger partial charge in [0.05, 0.1) is 12.2 Å². The second-order valence-electron chi connectivity index (χ2n) is 12.1. The summed E-state index contributed by atoms with van der Waals surface area (Å²) in [5.41, 5.74) is 5.57. The summed E-state index contributed by atoms with van der Waals surface area (Å²) in [6.45, 7) is 1.24. The molecule has 8 heteroatoms. The van der Waals surface area contributed by atoms with Gasteiger partial charge in [-0.2, -0.15) is 0 Å². The first kappa shape index (κ1) is 28.0. The van der Waals surface area contributed by atoms with Gasteiger partial charge in [0.2, 0.25) is 5.91 Å². The topological polar surface area (TPSA) is 110 Å². The molecule has 2 saturated carbocycles. The number of benzene rings is 3. The molecule has 1 aliphatic heterocycles. The molecule has 0 radical (unpaired) electrons. The van der Waals surface area contributed by atoms with E-state index in [0.29, 0.717) is 48.7 Å². The summed E-state index contributed by atoms with van der Waals surface area (Å²) in [5.74, 6) is -0.185. The van der Waals surface area contributed by atoms with Crippen LogP contribution in [0.3, 0.4) is 0 Å². The van der Waals surface area contributed by atoms with Gasteiger partial charge in [-0.1, -0.05) is 49.6 Å². The van der Waals surface area contributed by atoms with Crippen LogP contribution in [0.5, 0.6) is 5.75 Å². The quantitative estimate of drug-likeness (QED) is 0.207. The number of aromatic nitrogens is 1. The van der Waals surface area contributed by atoms with Crippen LogP contribution < -0.4 is 15.4 Å². The van der Waals surface area contributed by atoms with Crippen molar-refractivity contribution in [3.05, 3.63) is 89.5 Å². The largest absolute Gasteiger partial charge is 0.491 e. The van der Waals surface area contributed by atoms with Gasteiger partial charge in [-0.15, -0.1) is 0 Å². The lowest BCUT2D eigenvalue weighted by molar-refractivity contribution is -0.131. The molecule has 3 aromatic carbocycles. The second kappa shape index (κ2) is 11.3. The molecule has 224 valence electrons. The number of fused-ring (bicyclic) bond motifs is 5. The van der Waals surface area contributed by atoms with E-state index in [1.807, 2.05) is 24.3 Å². The molecule has 8 nitrogen and oxygen atoms in total. The van der Waals surface area contributed by atoms with Gasteiger partial charge in [-0.3, -0.25) is 9.59 Å². The average molecular weight is 590 g/mol. The fourth-order valence-electron chi connectivity index (χ4n) is 6.80. The first-order valence-electron chi connectivity index (χ1n) is 15.5. The normalized spacial score (nSPS) is 17.3. The Balaban J connectivity index is 1.16. The van der Waals surface area contributed by atoms with E-state index >= 15 is 0 Å². The summed E-state index contributed by atoms with van der Waals surface area (Å²) in [4.78, 5) is 37.7. The molecular weight excluding hydrogens is 554 g/mol. The van der Waals surface area contributed by atoms with Crippen molar-refractivity contribution in [2.75, 3.05) is 11.9 Å². The molecule has 0 spiro atoms. The monoisotopic (exact) mass is 589 g/mol. The fourth-order valence-corrected chi connectivity index (χ4v) is 6.80. The van der Waals surface area contributed by atoms with Crippen molar-refractivity contribution in [2.45, 2.75) is 62.9 Å². The summed E-state index contributed by atoms with van der Waals surface area (Å²) in [6, 6.07) is 21.1. The number of carboxylic acid groups (broad SMARTS) is 1. The van der Waals surface area contributed by atoms with Crippen LogP contribution in [0.4, 0.5) is 5.69 Å². The lowest BCUT2D eigenvalue weighted by atomic mass is 9.81. The van der Waals surface area contributed by atoms with Crippen molar-refractivity contribution < 1.29 is 24.2 Å². The lowest BCUT2D eigenvalue weighted by Crippen LogP contribution is -2.46. The Hall–Kier alpha value is -4.85. The molecule has 44 heavy (non-hydrogen) atoms. The van der Waals surface area contributed by atoms with E-state index in [1.54, 1.807) is 24.3 Å². The number of hydrogen-bond acceptors (Lipinski definition) is 4. The molecule has 4 aromatic rings. The summed E-state index contributed by atoms with van der Waals surface area (Å²) in [6.07, 6.45) is 9.73. The number of para-hydroxylation sites is 1. The van der Waals surface area contributed by atoms with Gasteiger partial charge in [0.1, 0.15) is 17.9 Å². The minimum atomic E-state index is -1.02. The highest BCUT2D eigenvalue weighted by Crippen LogP contribution is 2.47. The molecule has 0 saturated heterocycles. The average Bonchev–Trinajstić information content (AvgIpc) is 3.79. The van der Waals surface area contributed by atoms with Crippen LogP contribution in [0.25, 0.3) is 28.2 Å². The van der Waals surface area contributed by atoms with Crippen molar-refractivity contribution in [3.63, 3.8) is 0 Å². The summed E-state index contributed by atoms with van der Waals surface area (Å²) in [7, 11) is 0. The van der Waals surface area contributed by atoms with Crippen LogP contribution in [-0.2, 0) is 16.1 Å². The maximum absolute atomic E-state index is 13.6. The van der Waals surface area contributed by atoms with Crippen molar-refractivity contribution in [2.24, 2.45) is 0 Å². The van der Waals surface area contributed by atoms with Gasteiger partial charge in [0, 0.05) is 33.8 Å². The second-order valence-corrected chi connectivity index (χ2v) is 12.1. The Morgan fingerprint density at radius 2 is 1.73 bits per heavy atom. The predicted octanol–water partition coefficient (Wildman–Crippen LogP) is 6.75. The third-order valence-electron chi connectivity index (χ3n) is 9.22.